The fourth-order valence-corrected chi connectivity index (χ4v) is 0.908. The van der Waals surface area contributed by atoms with E-state index in [1.165, 1.54) is 0 Å². The van der Waals surface area contributed by atoms with Crippen LogP contribution in [0, 0.1) is 11.2 Å². The number of benzene rings is 1. The third-order valence-corrected chi connectivity index (χ3v) is 1.58. The molecule has 0 saturated heterocycles. The van der Waals surface area contributed by atoms with Crippen LogP contribution in [0.5, 0.6) is 0 Å². The second-order valence-electron chi connectivity index (χ2n) is 2.61. The molecule has 0 amide bonds. The fourth-order valence-electron chi connectivity index (χ4n) is 0.908. The molecule has 0 fully saturated rings. The van der Waals surface area contributed by atoms with Crippen LogP contribution in [0.1, 0.15) is 11.1 Å². The summed E-state index contributed by atoms with van der Waals surface area (Å²) in [5, 5.41) is 6.85. The molecule has 0 atom stereocenters. The van der Waals surface area contributed by atoms with Crippen molar-refractivity contribution < 1.29 is 17.6 Å². The Kier molecular flexibility index (Phi) is 2.46. The molecule has 0 unspecified atom stereocenters. The van der Waals surface area contributed by atoms with Crippen LogP contribution in [0.2, 0.25) is 0 Å². The quantitative estimate of drug-likeness (QED) is 0.412. The molecule has 1 rings (SSSR count). The minimum Gasteiger partial charge on any atom is -0.384 e. The van der Waals surface area contributed by atoms with Gasteiger partial charge in [0.15, 0.2) is 0 Å². The number of rotatable bonds is 1. The zero-order valence-electron chi connectivity index (χ0n) is 6.82. The number of nitrogens with two attached hydrogens (primary N) is 1. The van der Waals surface area contributed by atoms with Gasteiger partial charge >= 0.3 is 6.18 Å². The van der Waals surface area contributed by atoms with Crippen molar-refractivity contribution in [3.63, 3.8) is 0 Å². The van der Waals surface area contributed by atoms with E-state index in [9.17, 15) is 17.6 Å². The smallest absolute Gasteiger partial charge is 0.384 e. The number of nitrogens with one attached hydrogen (secondary N) is 1. The largest absolute Gasteiger partial charge is 0.416 e. The standard InChI is InChI=1S/C8H6F4N2/c9-6-2-1-4(8(10,11)12)3-5(6)7(13)14/h1-3H,(H3,13,14). The first-order valence-electron chi connectivity index (χ1n) is 3.53. The summed E-state index contributed by atoms with van der Waals surface area (Å²) in [6, 6.07) is 1.75. The third kappa shape index (κ3) is 2.01. The molecule has 1 aromatic carbocycles. The maximum Gasteiger partial charge on any atom is 0.416 e. The highest BCUT2D eigenvalue weighted by Gasteiger charge is 2.31. The SMILES string of the molecule is N=C(N)c1cc(C(F)(F)F)ccc1F. The van der Waals surface area contributed by atoms with Crippen molar-refractivity contribution in [1.29, 1.82) is 5.41 Å². The maximum atomic E-state index is 12.8. The van der Waals surface area contributed by atoms with Gasteiger partial charge < -0.3 is 5.73 Å². The van der Waals surface area contributed by atoms with Crippen LogP contribution in [0.15, 0.2) is 18.2 Å². The molecule has 76 valence electrons. The minimum atomic E-state index is -4.56. The molecule has 0 aliphatic carbocycles. The zero-order valence-corrected chi connectivity index (χ0v) is 6.82. The molecular weight excluding hydrogens is 200 g/mol. The topological polar surface area (TPSA) is 49.9 Å². The second kappa shape index (κ2) is 3.28. The molecular formula is C8H6F4N2. The van der Waals surface area contributed by atoms with E-state index in [0.717, 1.165) is 0 Å². The van der Waals surface area contributed by atoms with E-state index in [1.807, 2.05) is 0 Å². The molecule has 0 spiro atoms. The summed E-state index contributed by atoms with van der Waals surface area (Å²) in [4.78, 5) is 0. The van der Waals surface area contributed by atoms with Crippen LogP contribution in [0.4, 0.5) is 17.6 Å². The van der Waals surface area contributed by atoms with E-state index in [-0.39, 0.29) is 0 Å². The second-order valence-corrected chi connectivity index (χ2v) is 2.61. The Morgan fingerprint density at radius 3 is 2.29 bits per heavy atom. The Hall–Kier alpha value is -1.59. The van der Waals surface area contributed by atoms with Crippen molar-refractivity contribution >= 4 is 5.84 Å². The number of nitrogen functional groups attached to an aromatic ring is 1. The van der Waals surface area contributed by atoms with Crippen molar-refractivity contribution in [2.75, 3.05) is 0 Å². The van der Waals surface area contributed by atoms with Gasteiger partial charge in [-0.2, -0.15) is 13.2 Å². The van der Waals surface area contributed by atoms with E-state index in [1.54, 1.807) is 0 Å². The van der Waals surface area contributed by atoms with Gasteiger partial charge in [0.1, 0.15) is 11.7 Å². The zero-order chi connectivity index (χ0) is 10.9. The highest BCUT2D eigenvalue weighted by atomic mass is 19.4. The van der Waals surface area contributed by atoms with E-state index in [4.69, 9.17) is 11.1 Å². The van der Waals surface area contributed by atoms with Crippen LogP contribution in [-0.2, 0) is 6.18 Å². The fraction of sp³-hybridized carbons (Fsp3) is 0.125. The van der Waals surface area contributed by atoms with Gasteiger partial charge in [0, 0.05) is 0 Å². The van der Waals surface area contributed by atoms with Crippen molar-refractivity contribution in [1.82, 2.24) is 0 Å². The molecule has 0 radical (unpaired) electrons. The maximum absolute atomic E-state index is 12.8. The highest BCUT2D eigenvalue weighted by Crippen LogP contribution is 2.30. The molecule has 0 bridgehead atoms. The number of alkyl halides is 3. The van der Waals surface area contributed by atoms with Crippen molar-refractivity contribution in [2.24, 2.45) is 5.73 Å². The molecule has 0 aliphatic rings. The minimum absolute atomic E-state index is 0.512. The molecule has 14 heavy (non-hydrogen) atoms. The van der Waals surface area contributed by atoms with Crippen LogP contribution in [-0.4, -0.2) is 5.84 Å². The average molecular weight is 206 g/mol. The van der Waals surface area contributed by atoms with Gasteiger partial charge in [-0.15, -0.1) is 0 Å². The molecule has 2 nitrogen and oxygen atoms in total. The van der Waals surface area contributed by atoms with Crippen LogP contribution >= 0.6 is 0 Å². The summed E-state index contributed by atoms with van der Waals surface area (Å²) in [6.45, 7) is 0. The predicted molar refractivity (Wildman–Crippen MR) is 42.4 cm³/mol. The summed E-state index contributed by atoms with van der Waals surface area (Å²) in [7, 11) is 0. The van der Waals surface area contributed by atoms with Gasteiger partial charge in [0.25, 0.3) is 0 Å². The Labute approximate surface area is 76.8 Å². The molecule has 0 aliphatic heterocycles. The highest BCUT2D eigenvalue weighted by molar-refractivity contribution is 5.95. The van der Waals surface area contributed by atoms with Crippen LogP contribution in [0.25, 0.3) is 0 Å². The summed E-state index contributed by atoms with van der Waals surface area (Å²) in [5.74, 6) is -1.67. The van der Waals surface area contributed by atoms with E-state index < -0.39 is 29.0 Å². The van der Waals surface area contributed by atoms with Gasteiger partial charge in [0.05, 0.1) is 11.1 Å². The normalized spacial score (nSPS) is 11.4. The lowest BCUT2D eigenvalue weighted by Gasteiger charge is -2.08. The van der Waals surface area contributed by atoms with E-state index >= 15 is 0 Å². The van der Waals surface area contributed by atoms with Gasteiger partial charge in [-0.25, -0.2) is 4.39 Å². The Bertz CT molecular complexity index is 370. The predicted octanol–water partition coefficient (Wildman–Crippen LogP) is 2.13. The van der Waals surface area contributed by atoms with Crippen LogP contribution in [0.3, 0.4) is 0 Å². The monoisotopic (exact) mass is 206 g/mol. The average Bonchev–Trinajstić information content (AvgIpc) is 2.02. The lowest BCUT2D eigenvalue weighted by Crippen LogP contribution is -2.15. The van der Waals surface area contributed by atoms with Gasteiger partial charge in [-0.1, -0.05) is 0 Å². The Balaban J connectivity index is 3.27. The Morgan fingerprint density at radius 2 is 1.86 bits per heavy atom. The van der Waals surface area contributed by atoms with Crippen LogP contribution < -0.4 is 5.73 Å². The van der Waals surface area contributed by atoms with Crippen molar-refractivity contribution in [2.45, 2.75) is 6.18 Å². The van der Waals surface area contributed by atoms with Gasteiger partial charge in [-0.05, 0) is 18.2 Å². The van der Waals surface area contributed by atoms with Gasteiger partial charge in [-0.3, -0.25) is 5.41 Å². The van der Waals surface area contributed by atoms with Crippen molar-refractivity contribution in [3.05, 3.63) is 35.1 Å². The Morgan fingerprint density at radius 1 is 1.29 bits per heavy atom. The van der Waals surface area contributed by atoms with E-state index in [0.29, 0.717) is 18.2 Å². The number of halogens is 4. The first-order valence-corrected chi connectivity index (χ1v) is 3.53. The van der Waals surface area contributed by atoms with Gasteiger partial charge in [0.2, 0.25) is 0 Å². The summed E-state index contributed by atoms with van der Waals surface area (Å²) < 4.78 is 49.2. The molecule has 3 N–H and O–H groups in total. The molecule has 0 aromatic heterocycles. The number of hydrogen-bond acceptors (Lipinski definition) is 1. The number of hydrogen-bond donors (Lipinski definition) is 2. The lowest BCUT2D eigenvalue weighted by molar-refractivity contribution is -0.137. The molecule has 6 heteroatoms. The molecule has 0 heterocycles. The first kappa shape index (κ1) is 10.5. The molecule has 0 saturated carbocycles. The third-order valence-electron chi connectivity index (χ3n) is 1.58. The number of amidine groups is 1. The summed E-state index contributed by atoms with van der Waals surface area (Å²) in [6.07, 6.45) is -4.56. The van der Waals surface area contributed by atoms with E-state index in [2.05, 4.69) is 0 Å². The summed E-state index contributed by atoms with van der Waals surface area (Å²) >= 11 is 0. The summed E-state index contributed by atoms with van der Waals surface area (Å²) in [5.41, 5.74) is 3.34. The lowest BCUT2D eigenvalue weighted by atomic mass is 10.1. The van der Waals surface area contributed by atoms with Crippen molar-refractivity contribution in [3.8, 4) is 0 Å². The molecule has 1 aromatic rings. The first-order chi connectivity index (χ1) is 6.32.